The molecule has 0 saturated carbocycles. The number of nitrogens with one attached hydrogen (secondary N) is 2. The Morgan fingerprint density at radius 1 is 1.50 bits per heavy atom. The number of allylic oxidation sites excluding steroid dienone is 5. The molecule has 0 radical (unpaired) electrons. The Balaban J connectivity index is 2.74. The standard InChI is InChI=1S/C15H25N3/c1-4-12-7-6-8-14(16)15(10-9-12)18-11-13(5-2)17-3/h5-6,8-10,12,17-18H,4,7,11,16H2,1-3H3/b8-6-,10-9+,13-5-,15-14-. The molecule has 1 unspecified atom stereocenters. The van der Waals surface area contributed by atoms with E-state index in [1.807, 2.05) is 20.0 Å². The molecule has 3 nitrogen and oxygen atoms in total. The quantitative estimate of drug-likeness (QED) is 0.699. The summed E-state index contributed by atoms with van der Waals surface area (Å²) in [6.07, 6.45) is 12.8. The molecule has 0 aromatic heterocycles. The van der Waals surface area contributed by atoms with E-state index in [0.717, 1.165) is 36.5 Å². The second-order valence-electron chi connectivity index (χ2n) is 4.45. The molecule has 3 heteroatoms. The monoisotopic (exact) mass is 247 g/mol. The summed E-state index contributed by atoms with van der Waals surface area (Å²) in [5.41, 5.74) is 9.00. The summed E-state index contributed by atoms with van der Waals surface area (Å²) in [7, 11) is 1.93. The lowest BCUT2D eigenvalue weighted by Gasteiger charge is -2.15. The minimum atomic E-state index is 0.608. The van der Waals surface area contributed by atoms with E-state index in [4.69, 9.17) is 5.73 Å². The fourth-order valence-corrected chi connectivity index (χ4v) is 1.86. The Kier molecular flexibility index (Phi) is 6.12. The van der Waals surface area contributed by atoms with Gasteiger partial charge in [-0.15, -0.1) is 0 Å². The second-order valence-corrected chi connectivity index (χ2v) is 4.45. The van der Waals surface area contributed by atoms with Gasteiger partial charge in [-0.05, 0) is 37.8 Å². The largest absolute Gasteiger partial charge is 0.397 e. The van der Waals surface area contributed by atoms with E-state index >= 15 is 0 Å². The summed E-state index contributed by atoms with van der Waals surface area (Å²) in [4.78, 5) is 0. The molecule has 0 heterocycles. The van der Waals surface area contributed by atoms with Gasteiger partial charge in [-0.3, -0.25) is 0 Å². The van der Waals surface area contributed by atoms with Crippen LogP contribution in [-0.2, 0) is 0 Å². The smallest absolute Gasteiger partial charge is 0.0573 e. The number of likely N-dealkylation sites (N-methyl/N-ethyl adjacent to an activating group) is 1. The molecule has 0 spiro atoms. The maximum absolute atomic E-state index is 6.04. The lowest BCUT2D eigenvalue weighted by Crippen LogP contribution is -2.24. The van der Waals surface area contributed by atoms with Crippen molar-refractivity contribution in [1.82, 2.24) is 10.6 Å². The lowest BCUT2D eigenvalue weighted by atomic mass is 9.99. The van der Waals surface area contributed by atoms with E-state index in [9.17, 15) is 0 Å². The van der Waals surface area contributed by atoms with Crippen molar-refractivity contribution in [3.05, 3.63) is 47.5 Å². The van der Waals surface area contributed by atoms with Crippen molar-refractivity contribution in [3.8, 4) is 0 Å². The molecule has 0 aromatic rings. The predicted molar refractivity (Wildman–Crippen MR) is 78.7 cm³/mol. The zero-order chi connectivity index (χ0) is 13.4. The minimum absolute atomic E-state index is 0.608. The first-order chi connectivity index (χ1) is 8.71. The highest BCUT2D eigenvalue weighted by Gasteiger charge is 2.05. The van der Waals surface area contributed by atoms with Gasteiger partial charge >= 0.3 is 0 Å². The van der Waals surface area contributed by atoms with Crippen LogP contribution in [-0.4, -0.2) is 13.6 Å². The number of rotatable bonds is 5. The molecule has 0 amide bonds. The summed E-state index contributed by atoms with van der Waals surface area (Å²) in [6, 6.07) is 0. The van der Waals surface area contributed by atoms with Crippen molar-refractivity contribution >= 4 is 0 Å². The van der Waals surface area contributed by atoms with Crippen molar-refractivity contribution in [3.63, 3.8) is 0 Å². The fraction of sp³-hybridized carbons (Fsp3) is 0.467. The predicted octanol–water partition coefficient (Wildman–Crippen LogP) is 2.41. The van der Waals surface area contributed by atoms with Crippen molar-refractivity contribution in [2.24, 2.45) is 11.7 Å². The molecule has 0 aliphatic heterocycles. The molecule has 1 aliphatic rings. The number of hydrogen-bond acceptors (Lipinski definition) is 3. The molecule has 1 aliphatic carbocycles. The minimum Gasteiger partial charge on any atom is -0.397 e. The average Bonchev–Trinajstić information content (AvgIpc) is 2.38. The van der Waals surface area contributed by atoms with E-state index in [-0.39, 0.29) is 0 Å². The van der Waals surface area contributed by atoms with E-state index in [1.54, 1.807) is 0 Å². The average molecular weight is 247 g/mol. The van der Waals surface area contributed by atoms with Gasteiger partial charge in [0.05, 0.1) is 17.9 Å². The summed E-state index contributed by atoms with van der Waals surface area (Å²) in [6.45, 7) is 4.99. The maximum atomic E-state index is 6.04. The molecule has 1 rings (SSSR count). The summed E-state index contributed by atoms with van der Waals surface area (Å²) in [5.74, 6) is 0.608. The molecule has 18 heavy (non-hydrogen) atoms. The van der Waals surface area contributed by atoms with Crippen LogP contribution in [0.5, 0.6) is 0 Å². The van der Waals surface area contributed by atoms with Gasteiger partial charge in [-0.2, -0.15) is 0 Å². The Bertz CT molecular complexity index is 375. The normalized spacial score (nSPS) is 28.2. The van der Waals surface area contributed by atoms with E-state index in [0.29, 0.717) is 5.92 Å². The fourth-order valence-electron chi connectivity index (χ4n) is 1.86. The Hall–Kier alpha value is -1.64. The summed E-state index contributed by atoms with van der Waals surface area (Å²) < 4.78 is 0. The van der Waals surface area contributed by atoms with Gasteiger partial charge in [0.2, 0.25) is 0 Å². The molecule has 0 aromatic carbocycles. The molecule has 0 fully saturated rings. The highest BCUT2D eigenvalue weighted by atomic mass is 15.0. The van der Waals surface area contributed by atoms with Gasteiger partial charge in [0.25, 0.3) is 0 Å². The van der Waals surface area contributed by atoms with Crippen LogP contribution in [0, 0.1) is 5.92 Å². The lowest BCUT2D eigenvalue weighted by molar-refractivity contribution is 0.635. The molecule has 4 N–H and O–H groups in total. The highest BCUT2D eigenvalue weighted by Crippen LogP contribution is 2.15. The van der Waals surface area contributed by atoms with Gasteiger partial charge in [-0.25, -0.2) is 0 Å². The van der Waals surface area contributed by atoms with Crippen LogP contribution < -0.4 is 16.4 Å². The van der Waals surface area contributed by atoms with Crippen LogP contribution in [0.25, 0.3) is 0 Å². The third kappa shape index (κ3) is 4.32. The van der Waals surface area contributed by atoms with Crippen molar-refractivity contribution in [1.29, 1.82) is 0 Å². The zero-order valence-corrected chi connectivity index (χ0v) is 11.7. The van der Waals surface area contributed by atoms with Crippen LogP contribution in [0.2, 0.25) is 0 Å². The first kappa shape index (κ1) is 14.4. The van der Waals surface area contributed by atoms with Gasteiger partial charge in [0, 0.05) is 12.7 Å². The molecule has 100 valence electrons. The Morgan fingerprint density at radius 3 is 2.89 bits per heavy atom. The molecular weight excluding hydrogens is 222 g/mol. The van der Waals surface area contributed by atoms with Gasteiger partial charge in [-0.1, -0.05) is 25.2 Å². The maximum Gasteiger partial charge on any atom is 0.0573 e. The third-order valence-electron chi connectivity index (χ3n) is 3.25. The summed E-state index contributed by atoms with van der Waals surface area (Å²) >= 11 is 0. The van der Waals surface area contributed by atoms with Gasteiger partial charge < -0.3 is 16.4 Å². The van der Waals surface area contributed by atoms with E-state index in [1.165, 1.54) is 0 Å². The second kappa shape index (κ2) is 7.64. The van der Waals surface area contributed by atoms with Crippen LogP contribution in [0.3, 0.4) is 0 Å². The molecular formula is C15H25N3. The van der Waals surface area contributed by atoms with Crippen LogP contribution in [0.1, 0.15) is 26.7 Å². The Morgan fingerprint density at radius 2 is 2.28 bits per heavy atom. The van der Waals surface area contributed by atoms with E-state index in [2.05, 4.69) is 41.9 Å². The van der Waals surface area contributed by atoms with Crippen LogP contribution in [0.4, 0.5) is 0 Å². The molecule has 0 saturated heterocycles. The molecule has 1 atom stereocenters. The van der Waals surface area contributed by atoms with Gasteiger partial charge in [0.1, 0.15) is 0 Å². The van der Waals surface area contributed by atoms with Crippen molar-refractivity contribution in [2.45, 2.75) is 26.7 Å². The third-order valence-corrected chi connectivity index (χ3v) is 3.25. The zero-order valence-electron chi connectivity index (χ0n) is 11.7. The number of hydrogen-bond donors (Lipinski definition) is 3. The van der Waals surface area contributed by atoms with Crippen molar-refractivity contribution in [2.75, 3.05) is 13.6 Å². The Labute approximate surface area is 111 Å². The van der Waals surface area contributed by atoms with Crippen LogP contribution >= 0.6 is 0 Å². The SMILES string of the molecule is C/C=C(/CNC1=C(N)/C=C\CC(CC)\C=C\1)NC. The number of nitrogens with two attached hydrogens (primary N) is 1. The topological polar surface area (TPSA) is 50.1 Å². The first-order valence-corrected chi connectivity index (χ1v) is 6.62. The van der Waals surface area contributed by atoms with Crippen molar-refractivity contribution < 1.29 is 0 Å². The highest BCUT2D eigenvalue weighted by molar-refractivity contribution is 5.32. The molecule has 0 bridgehead atoms. The first-order valence-electron chi connectivity index (χ1n) is 6.62. The van der Waals surface area contributed by atoms with Crippen LogP contribution in [0.15, 0.2) is 47.5 Å². The van der Waals surface area contributed by atoms with Gasteiger partial charge in [0.15, 0.2) is 0 Å². The van der Waals surface area contributed by atoms with E-state index < -0.39 is 0 Å². The summed E-state index contributed by atoms with van der Waals surface area (Å²) in [5, 5.41) is 6.52.